The SMILES string of the molecule is CCC(=O)Nc1ccc(N2C(=S)N[C@@H](c3ccccn3)[C@@H]2c2ccc(-c3ccccc3C(=O)O)o2)cc1OC. The van der Waals surface area contributed by atoms with Gasteiger partial charge in [0.15, 0.2) is 5.11 Å². The van der Waals surface area contributed by atoms with Crippen LogP contribution in [0.2, 0.25) is 0 Å². The van der Waals surface area contributed by atoms with Crippen LogP contribution in [-0.4, -0.2) is 34.2 Å². The predicted octanol–water partition coefficient (Wildman–Crippen LogP) is 5.57. The second-order valence-electron chi connectivity index (χ2n) is 8.84. The predicted molar refractivity (Wildman–Crippen MR) is 151 cm³/mol. The maximum absolute atomic E-state index is 12.0. The van der Waals surface area contributed by atoms with E-state index < -0.39 is 12.0 Å². The quantitative estimate of drug-likeness (QED) is 0.246. The van der Waals surface area contributed by atoms with Gasteiger partial charge in [-0.3, -0.25) is 9.78 Å². The number of nitrogens with zero attached hydrogens (tertiary/aromatic N) is 2. The van der Waals surface area contributed by atoms with Gasteiger partial charge >= 0.3 is 5.97 Å². The van der Waals surface area contributed by atoms with Crippen molar-refractivity contribution < 1.29 is 23.8 Å². The molecule has 0 unspecified atom stereocenters. The zero-order valence-corrected chi connectivity index (χ0v) is 22.1. The Bertz CT molecular complexity index is 1540. The van der Waals surface area contributed by atoms with E-state index in [0.717, 1.165) is 5.69 Å². The molecule has 0 spiro atoms. The van der Waals surface area contributed by atoms with Crippen LogP contribution in [0.15, 0.2) is 83.4 Å². The number of carbonyl (C=O) groups is 2. The van der Waals surface area contributed by atoms with Crippen molar-refractivity contribution in [1.29, 1.82) is 0 Å². The maximum atomic E-state index is 12.0. The van der Waals surface area contributed by atoms with Gasteiger partial charge in [0.25, 0.3) is 0 Å². The molecule has 1 aliphatic rings. The van der Waals surface area contributed by atoms with Crippen molar-refractivity contribution in [2.75, 3.05) is 17.3 Å². The Morgan fingerprint density at radius 3 is 2.64 bits per heavy atom. The highest BCUT2D eigenvalue weighted by molar-refractivity contribution is 7.80. The molecule has 0 bridgehead atoms. The average molecular weight is 543 g/mol. The number of rotatable bonds is 8. The molecule has 3 N–H and O–H groups in total. The third-order valence-corrected chi connectivity index (χ3v) is 6.81. The first-order valence-corrected chi connectivity index (χ1v) is 12.7. The standard InChI is InChI=1S/C29H26N4O5S/c1-3-25(34)31-20-12-11-17(16-24(20)37-2)33-27(26(32-29(33)39)21-10-6-7-15-30-21)23-14-13-22(38-23)18-8-4-5-9-19(18)28(35)36/h4-16,26-27H,3H2,1-2H3,(H,31,34)(H,32,39)(H,35,36)/t26-,27-/m0/s1. The average Bonchev–Trinajstić information content (AvgIpc) is 3.58. The molecule has 39 heavy (non-hydrogen) atoms. The molecule has 0 saturated carbocycles. The lowest BCUT2D eigenvalue weighted by atomic mass is 10.0. The van der Waals surface area contributed by atoms with Gasteiger partial charge in [-0.2, -0.15) is 0 Å². The van der Waals surface area contributed by atoms with Crippen LogP contribution >= 0.6 is 12.2 Å². The van der Waals surface area contributed by atoms with E-state index in [0.29, 0.717) is 45.7 Å². The second-order valence-corrected chi connectivity index (χ2v) is 9.22. The van der Waals surface area contributed by atoms with Crippen LogP contribution in [0.4, 0.5) is 11.4 Å². The Labute approximate surface area is 230 Å². The van der Waals surface area contributed by atoms with Crippen LogP contribution in [0.25, 0.3) is 11.3 Å². The second kappa shape index (κ2) is 11.0. The lowest BCUT2D eigenvalue weighted by Crippen LogP contribution is -2.29. The summed E-state index contributed by atoms with van der Waals surface area (Å²) in [5.41, 5.74) is 2.64. The van der Waals surface area contributed by atoms with E-state index in [2.05, 4.69) is 15.6 Å². The molecule has 2 aromatic heterocycles. The van der Waals surface area contributed by atoms with Crippen LogP contribution < -0.4 is 20.3 Å². The number of carboxylic acids is 1. The minimum Gasteiger partial charge on any atom is -0.494 e. The first kappa shape index (κ1) is 25.9. The number of pyridine rings is 1. The van der Waals surface area contributed by atoms with E-state index in [-0.39, 0.29) is 17.5 Å². The molecule has 1 saturated heterocycles. The number of carboxylic acid groups (broad SMARTS) is 1. The Hall–Kier alpha value is -4.70. The third kappa shape index (κ3) is 5.06. The van der Waals surface area contributed by atoms with Crippen LogP contribution in [0.3, 0.4) is 0 Å². The first-order valence-electron chi connectivity index (χ1n) is 12.3. The van der Waals surface area contributed by atoms with Gasteiger partial charge in [-0.25, -0.2) is 4.79 Å². The Morgan fingerprint density at radius 2 is 1.92 bits per heavy atom. The van der Waals surface area contributed by atoms with E-state index in [1.165, 1.54) is 7.11 Å². The molecule has 1 fully saturated rings. The first-order chi connectivity index (χ1) is 18.9. The molecule has 2 atom stereocenters. The number of carbonyl (C=O) groups excluding carboxylic acids is 1. The number of hydrogen-bond acceptors (Lipinski definition) is 6. The van der Waals surface area contributed by atoms with Crippen LogP contribution in [-0.2, 0) is 4.79 Å². The van der Waals surface area contributed by atoms with Gasteiger partial charge in [-0.05, 0) is 54.7 Å². The summed E-state index contributed by atoms with van der Waals surface area (Å²) in [5, 5.41) is 16.3. The monoisotopic (exact) mass is 542 g/mol. The van der Waals surface area contributed by atoms with Gasteiger partial charge < -0.3 is 29.8 Å². The lowest BCUT2D eigenvalue weighted by molar-refractivity contribution is -0.115. The number of nitrogens with one attached hydrogen (secondary N) is 2. The molecule has 1 aliphatic heterocycles. The molecule has 0 aliphatic carbocycles. The van der Waals surface area contributed by atoms with Crippen molar-refractivity contribution in [3.63, 3.8) is 0 Å². The number of methoxy groups -OCH3 is 1. The van der Waals surface area contributed by atoms with Crippen molar-refractivity contribution in [3.05, 3.63) is 96.0 Å². The van der Waals surface area contributed by atoms with Gasteiger partial charge in [-0.1, -0.05) is 31.2 Å². The molecule has 10 heteroatoms. The summed E-state index contributed by atoms with van der Waals surface area (Å²) >= 11 is 5.79. The number of aromatic carboxylic acids is 1. The minimum absolute atomic E-state index is 0.128. The molecule has 0 radical (unpaired) electrons. The summed E-state index contributed by atoms with van der Waals surface area (Å²) < 4.78 is 11.9. The maximum Gasteiger partial charge on any atom is 0.336 e. The number of thiocarbonyl (C=S) groups is 1. The highest BCUT2D eigenvalue weighted by Crippen LogP contribution is 2.44. The Balaban J connectivity index is 1.60. The molecule has 5 rings (SSSR count). The Morgan fingerprint density at radius 1 is 1.13 bits per heavy atom. The molecule has 4 aromatic rings. The molecule has 9 nitrogen and oxygen atoms in total. The lowest BCUT2D eigenvalue weighted by Gasteiger charge is -2.27. The summed E-state index contributed by atoms with van der Waals surface area (Å²) in [6.45, 7) is 1.78. The smallest absolute Gasteiger partial charge is 0.336 e. The zero-order valence-electron chi connectivity index (χ0n) is 21.3. The van der Waals surface area contributed by atoms with Gasteiger partial charge in [0, 0.05) is 29.9 Å². The molecule has 198 valence electrons. The van der Waals surface area contributed by atoms with E-state index >= 15 is 0 Å². The highest BCUT2D eigenvalue weighted by atomic mass is 32.1. The molecule has 3 heterocycles. The van der Waals surface area contributed by atoms with Crippen molar-refractivity contribution in [3.8, 4) is 17.1 Å². The summed E-state index contributed by atoms with van der Waals surface area (Å²) in [4.78, 5) is 30.3. The highest BCUT2D eigenvalue weighted by Gasteiger charge is 2.43. The zero-order chi connectivity index (χ0) is 27.5. The van der Waals surface area contributed by atoms with Gasteiger partial charge in [0.05, 0.1) is 30.1 Å². The number of furan rings is 1. The van der Waals surface area contributed by atoms with E-state index in [4.69, 9.17) is 21.4 Å². The normalized spacial score (nSPS) is 16.6. The molecular formula is C29H26N4O5S. The van der Waals surface area contributed by atoms with Crippen LogP contribution in [0.1, 0.15) is 47.2 Å². The largest absolute Gasteiger partial charge is 0.494 e. The molecule has 1 amide bonds. The summed E-state index contributed by atoms with van der Waals surface area (Å²) in [6.07, 6.45) is 2.05. The number of hydrogen-bond donors (Lipinski definition) is 3. The summed E-state index contributed by atoms with van der Waals surface area (Å²) in [5.74, 6) is 0.304. The van der Waals surface area contributed by atoms with E-state index in [1.807, 2.05) is 35.2 Å². The Kier molecular flexibility index (Phi) is 7.29. The van der Waals surface area contributed by atoms with Crippen molar-refractivity contribution >= 4 is 40.6 Å². The fraction of sp³-hybridized carbons (Fsp3) is 0.172. The molecule has 2 aromatic carbocycles. The third-order valence-electron chi connectivity index (χ3n) is 6.50. The van der Waals surface area contributed by atoms with Crippen LogP contribution in [0.5, 0.6) is 5.75 Å². The molecular weight excluding hydrogens is 516 g/mol. The number of benzene rings is 2. The van der Waals surface area contributed by atoms with E-state index in [9.17, 15) is 14.7 Å². The van der Waals surface area contributed by atoms with Crippen molar-refractivity contribution in [2.45, 2.75) is 25.4 Å². The van der Waals surface area contributed by atoms with Gasteiger partial charge in [-0.15, -0.1) is 0 Å². The van der Waals surface area contributed by atoms with E-state index in [1.54, 1.807) is 55.6 Å². The number of ether oxygens (including phenoxy) is 1. The van der Waals surface area contributed by atoms with Gasteiger partial charge in [0.2, 0.25) is 5.91 Å². The van der Waals surface area contributed by atoms with Crippen molar-refractivity contribution in [2.24, 2.45) is 0 Å². The van der Waals surface area contributed by atoms with Crippen molar-refractivity contribution in [1.82, 2.24) is 10.3 Å². The number of amides is 1. The number of aromatic nitrogens is 1. The summed E-state index contributed by atoms with van der Waals surface area (Å²) in [6, 6.07) is 20.5. The van der Waals surface area contributed by atoms with Crippen LogP contribution in [0, 0.1) is 0 Å². The van der Waals surface area contributed by atoms with Gasteiger partial charge in [0.1, 0.15) is 23.3 Å². The number of anilines is 2. The fourth-order valence-electron chi connectivity index (χ4n) is 4.63. The minimum atomic E-state index is -1.04. The fourth-order valence-corrected chi connectivity index (χ4v) is 4.98. The summed E-state index contributed by atoms with van der Waals surface area (Å²) in [7, 11) is 1.54. The topological polar surface area (TPSA) is 117 Å².